The van der Waals surface area contributed by atoms with Crippen LogP contribution in [0.2, 0.25) is 0 Å². The van der Waals surface area contributed by atoms with Crippen LogP contribution < -0.4 is 5.32 Å². The van der Waals surface area contributed by atoms with Crippen molar-refractivity contribution in [1.82, 2.24) is 9.80 Å². The van der Waals surface area contributed by atoms with Crippen LogP contribution in [0.4, 0.5) is 23.7 Å². The number of alkyl halides is 3. The molecule has 0 aliphatic carbocycles. The van der Waals surface area contributed by atoms with Crippen LogP contribution in [0.15, 0.2) is 48.5 Å². The lowest BCUT2D eigenvalue weighted by Gasteiger charge is -2.42. The molecule has 0 saturated carbocycles. The lowest BCUT2D eigenvalue weighted by molar-refractivity contribution is -0.148. The molecule has 2 fully saturated rings. The molecule has 37 heavy (non-hydrogen) atoms. The van der Waals surface area contributed by atoms with E-state index in [0.717, 1.165) is 17.0 Å². The Hall–Kier alpha value is -3.89. The summed E-state index contributed by atoms with van der Waals surface area (Å²) >= 11 is 0. The molecule has 2 saturated heterocycles. The Kier molecular flexibility index (Phi) is 6.17. The molecule has 2 bridgehead atoms. The standard InChI is InChI=1S/C26H24F3N3O5/c1-37-24(35)21(32-22(33)19-4-2-3-5-20(19)23(32)34)14-12-17-10-11-18(13-14)31(17)25(36)30-16-8-6-15(7-9-16)26(27,28)29/h2-9,14,17-18,21H,10-13H2,1H3,(H,30,36)/t14?,17?,18?,21-/m0/s1. The van der Waals surface area contributed by atoms with Crippen LogP contribution in [0, 0.1) is 5.92 Å². The number of ether oxygens (including phenoxy) is 1. The number of nitrogens with zero attached hydrogens (tertiary/aromatic N) is 2. The molecule has 0 spiro atoms. The molecule has 1 N–H and O–H groups in total. The second-order valence-electron chi connectivity index (χ2n) is 9.52. The number of rotatable bonds is 4. The smallest absolute Gasteiger partial charge is 0.416 e. The number of carbonyl (C=O) groups excluding carboxylic acids is 4. The number of benzene rings is 2. The quantitative estimate of drug-likeness (QED) is 0.484. The van der Waals surface area contributed by atoms with Gasteiger partial charge in [-0.2, -0.15) is 13.2 Å². The average molecular weight is 515 g/mol. The minimum atomic E-state index is -4.47. The maximum atomic E-state index is 13.1. The van der Waals surface area contributed by atoms with Gasteiger partial charge >= 0.3 is 18.2 Å². The van der Waals surface area contributed by atoms with E-state index in [9.17, 15) is 32.3 Å². The molecule has 2 aromatic rings. The van der Waals surface area contributed by atoms with Gasteiger partial charge in [-0.05, 0) is 68.0 Å². The van der Waals surface area contributed by atoms with E-state index in [2.05, 4.69) is 5.32 Å². The molecule has 11 heteroatoms. The number of carbonyl (C=O) groups is 4. The van der Waals surface area contributed by atoms with Gasteiger partial charge in [0.25, 0.3) is 11.8 Å². The largest absolute Gasteiger partial charge is 0.467 e. The number of anilines is 1. The van der Waals surface area contributed by atoms with Crippen LogP contribution >= 0.6 is 0 Å². The van der Waals surface area contributed by atoms with Crippen LogP contribution in [0.25, 0.3) is 0 Å². The van der Waals surface area contributed by atoms with Gasteiger partial charge in [0.1, 0.15) is 6.04 Å². The summed E-state index contributed by atoms with van der Waals surface area (Å²) in [7, 11) is 1.20. The second kappa shape index (κ2) is 9.20. The number of halogens is 3. The van der Waals surface area contributed by atoms with Gasteiger partial charge < -0.3 is 15.0 Å². The normalized spacial score (nSPS) is 23.6. The fraction of sp³-hybridized carbons (Fsp3) is 0.385. The summed E-state index contributed by atoms with van der Waals surface area (Å²) in [6, 6.07) is 8.49. The Morgan fingerprint density at radius 2 is 1.49 bits per heavy atom. The van der Waals surface area contributed by atoms with Crippen LogP contribution in [0.3, 0.4) is 0 Å². The molecule has 0 radical (unpaired) electrons. The number of piperidine rings is 1. The fourth-order valence-electron chi connectivity index (χ4n) is 5.83. The molecule has 3 heterocycles. The van der Waals surface area contributed by atoms with Gasteiger partial charge in [-0.15, -0.1) is 0 Å². The number of urea groups is 1. The lowest BCUT2D eigenvalue weighted by atomic mass is 9.84. The van der Waals surface area contributed by atoms with Gasteiger partial charge in [-0.1, -0.05) is 12.1 Å². The molecular weight excluding hydrogens is 491 g/mol. The van der Waals surface area contributed by atoms with Crippen LogP contribution in [0.1, 0.15) is 52.0 Å². The zero-order valence-electron chi connectivity index (χ0n) is 19.8. The maximum absolute atomic E-state index is 13.1. The molecule has 5 rings (SSSR count). The molecule has 3 atom stereocenters. The van der Waals surface area contributed by atoms with Gasteiger partial charge in [0.05, 0.1) is 23.8 Å². The maximum Gasteiger partial charge on any atom is 0.416 e. The summed E-state index contributed by atoms with van der Waals surface area (Å²) in [4.78, 5) is 54.8. The first kappa shape index (κ1) is 24.8. The first-order valence-electron chi connectivity index (χ1n) is 11.9. The van der Waals surface area contributed by atoms with E-state index in [4.69, 9.17) is 4.74 Å². The molecule has 194 valence electrons. The minimum Gasteiger partial charge on any atom is -0.467 e. The number of nitrogens with one attached hydrogen (secondary N) is 1. The lowest BCUT2D eigenvalue weighted by Crippen LogP contribution is -2.56. The van der Waals surface area contributed by atoms with Crippen LogP contribution in [-0.4, -0.2) is 58.8 Å². The van der Waals surface area contributed by atoms with Gasteiger partial charge in [0.15, 0.2) is 0 Å². The van der Waals surface area contributed by atoms with E-state index < -0.39 is 47.5 Å². The highest BCUT2D eigenvalue weighted by molar-refractivity contribution is 6.22. The Bertz CT molecular complexity index is 1210. The number of hydrogen-bond donors (Lipinski definition) is 1. The Morgan fingerprint density at radius 1 is 0.946 bits per heavy atom. The van der Waals surface area contributed by atoms with Crippen molar-refractivity contribution in [2.75, 3.05) is 12.4 Å². The summed E-state index contributed by atoms with van der Waals surface area (Å²) in [5.41, 5.74) is -0.109. The molecular formula is C26H24F3N3O5. The van der Waals surface area contributed by atoms with Gasteiger partial charge in [0, 0.05) is 17.8 Å². The molecule has 0 aromatic heterocycles. The van der Waals surface area contributed by atoms with Crippen molar-refractivity contribution < 1.29 is 37.1 Å². The Labute approximate surface area is 210 Å². The van der Waals surface area contributed by atoms with Crippen molar-refractivity contribution in [2.24, 2.45) is 5.92 Å². The Balaban J connectivity index is 1.33. The molecule has 4 amide bonds. The van der Waals surface area contributed by atoms with Crippen molar-refractivity contribution in [3.05, 3.63) is 65.2 Å². The summed E-state index contributed by atoms with van der Waals surface area (Å²) < 4.78 is 43.5. The van der Waals surface area contributed by atoms with E-state index >= 15 is 0 Å². The van der Waals surface area contributed by atoms with Gasteiger partial charge in [-0.3, -0.25) is 14.5 Å². The van der Waals surface area contributed by atoms with Crippen molar-refractivity contribution in [1.29, 1.82) is 0 Å². The first-order valence-corrected chi connectivity index (χ1v) is 11.9. The average Bonchev–Trinajstić information content (AvgIpc) is 3.29. The summed E-state index contributed by atoms with van der Waals surface area (Å²) in [5, 5.41) is 2.66. The highest BCUT2D eigenvalue weighted by Crippen LogP contribution is 2.43. The Morgan fingerprint density at radius 3 is 1.97 bits per heavy atom. The molecule has 3 aliphatic rings. The zero-order chi connectivity index (χ0) is 26.5. The number of amides is 4. The number of imide groups is 1. The summed E-state index contributed by atoms with van der Waals surface area (Å²) in [5.74, 6) is -2.21. The zero-order valence-corrected chi connectivity index (χ0v) is 19.8. The van der Waals surface area contributed by atoms with E-state index in [0.29, 0.717) is 25.7 Å². The number of esters is 1. The third-order valence-electron chi connectivity index (χ3n) is 7.46. The predicted octanol–water partition coefficient (Wildman–Crippen LogP) is 4.32. The number of fused-ring (bicyclic) bond motifs is 3. The van der Waals surface area contributed by atoms with E-state index in [1.54, 1.807) is 29.2 Å². The van der Waals surface area contributed by atoms with Gasteiger partial charge in [0.2, 0.25) is 0 Å². The molecule has 2 unspecified atom stereocenters. The molecule has 3 aliphatic heterocycles. The van der Waals surface area contributed by atoms with Gasteiger partial charge in [-0.25, -0.2) is 9.59 Å². The fourth-order valence-corrected chi connectivity index (χ4v) is 5.83. The van der Waals surface area contributed by atoms with Crippen molar-refractivity contribution >= 4 is 29.5 Å². The topological polar surface area (TPSA) is 96.0 Å². The summed E-state index contributed by atoms with van der Waals surface area (Å²) in [6.45, 7) is 0. The minimum absolute atomic E-state index is 0.234. The van der Waals surface area contributed by atoms with Crippen LogP contribution in [-0.2, 0) is 15.7 Å². The number of methoxy groups -OCH3 is 1. The van der Waals surface area contributed by atoms with E-state index in [1.165, 1.54) is 19.2 Å². The highest BCUT2D eigenvalue weighted by atomic mass is 19.4. The second-order valence-corrected chi connectivity index (χ2v) is 9.52. The van der Waals surface area contributed by atoms with Crippen molar-refractivity contribution in [3.63, 3.8) is 0 Å². The van der Waals surface area contributed by atoms with E-state index in [-0.39, 0.29) is 28.9 Å². The predicted molar refractivity (Wildman–Crippen MR) is 125 cm³/mol. The SMILES string of the molecule is COC(=O)[C@H](C1CC2CCC(C1)N2C(=O)Nc1ccc(C(F)(F)F)cc1)N1C(=O)c2ccccc2C1=O. The van der Waals surface area contributed by atoms with Crippen molar-refractivity contribution in [3.8, 4) is 0 Å². The third-order valence-corrected chi connectivity index (χ3v) is 7.46. The highest BCUT2D eigenvalue weighted by Gasteiger charge is 2.52. The van der Waals surface area contributed by atoms with Crippen LogP contribution in [0.5, 0.6) is 0 Å². The molecule has 8 nitrogen and oxygen atoms in total. The van der Waals surface area contributed by atoms with E-state index in [1.807, 2.05) is 0 Å². The monoisotopic (exact) mass is 515 g/mol. The van der Waals surface area contributed by atoms with Crippen molar-refractivity contribution in [2.45, 2.75) is 50.0 Å². The number of hydrogen-bond acceptors (Lipinski definition) is 5. The third kappa shape index (κ3) is 4.32. The molecule has 2 aromatic carbocycles. The first-order chi connectivity index (χ1) is 17.6. The summed E-state index contributed by atoms with van der Waals surface area (Å²) in [6.07, 6.45) is -2.41.